The van der Waals surface area contributed by atoms with Crippen LogP contribution < -0.4 is 4.74 Å². The summed E-state index contributed by atoms with van der Waals surface area (Å²) in [5, 5.41) is 13.1. The summed E-state index contributed by atoms with van der Waals surface area (Å²) in [5.41, 5.74) is 1.49. The van der Waals surface area contributed by atoms with Crippen LogP contribution in [0.3, 0.4) is 0 Å². The third-order valence-corrected chi connectivity index (χ3v) is 2.68. The molecule has 1 heterocycles. The molecule has 0 fully saturated rings. The molecule has 1 aromatic heterocycles. The molecule has 0 aliphatic rings. The van der Waals surface area contributed by atoms with Crippen molar-refractivity contribution in [3.8, 4) is 17.0 Å². The van der Waals surface area contributed by atoms with Gasteiger partial charge in [0.05, 0.1) is 19.3 Å². The molecule has 2 rings (SSSR count). The van der Waals surface area contributed by atoms with Crippen LogP contribution in [0.1, 0.15) is 10.5 Å². The zero-order chi connectivity index (χ0) is 13.8. The van der Waals surface area contributed by atoms with Gasteiger partial charge in [0.1, 0.15) is 5.75 Å². The van der Waals surface area contributed by atoms with Crippen LogP contribution in [0.15, 0.2) is 43.0 Å². The molecule has 2 aromatic rings. The summed E-state index contributed by atoms with van der Waals surface area (Å²) >= 11 is 0. The molecule has 5 heteroatoms. The quantitative estimate of drug-likeness (QED) is 0.836. The van der Waals surface area contributed by atoms with Gasteiger partial charge in [-0.1, -0.05) is 18.2 Å². The maximum atomic E-state index is 11.0. The number of hydrogen-bond donors (Lipinski definition) is 1. The number of rotatable bonds is 5. The molecule has 0 spiro atoms. The summed E-state index contributed by atoms with van der Waals surface area (Å²) in [5.74, 6) is -0.386. The van der Waals surface area contributed by atoms with Crippen LogP contribution in [0.5, 0.6) is 5.75 Å². The normalized spacial score (nSPS) is 10.2. The minimum Gasteiger partial charge on any atom is -0.496 e. The maximum absolute atomic E-state index is 11.0. The highest BCUT2D eigenvalue weighted by Gasteiger charge is 2.16. The van der Waals surface area contributed by atoms with Crippen LogP contribution in [0.25, 0.3) is 11.3 Å². The van der Waals surface area contributed by atoms with Gasteiger partial charge in [0.15, 0.2) is 5.69 Å². The molecule has 1 N–H and O–H groups in total. The van der Waals surface area contributed by atoms with Crippen molar-refractivity contribution in [3.63, 3.8) is 0 Å². The van der Waals surface area contributed by atoms with E-state index >= 15 is 0 Å². The van der Waals surface area contributed by atoms with Crippen LogP contribution in [-0.4, -0.2) is 28.0 Å². The number of allylic oxidation sites excluding steroid dienone is 1. The zero-order valence-electron chi connectivity index (χ0n) is 10.5. The van der Waals surface area contributed by atoms with Gasteiger partial charge in [-0.05, 0) is 18.2 Å². The molecule has 0 saturated carbocycles. The van der Waals surface area contributed by atoms with E-state index in [1.54, 1.807) is 17.9 Å². The lowest BCUT2D eigenvalue weighted by atomic mass is 10.1. The number of methoxy groups -OCH3 is 1. The second-order valence-corrected chi connectivity index (χ2v) is 3.89. The van der Waals surface area contributed by atoms with E-state index in [0.29, 0.717) is 18.0 Å². The van der Waals surface area contributed by atoms with Gasteiger partial charge in [0.25, 0.3) is 0 Å². The largest absolute Gasteiger partial charge is 0.496 e. The first kappa shape index (κ1) is 12.9. The number of aromatic nitrogens is 2. The summed E-state index contributed by atoms with van der Waals surface area (Å²) in [6.07, 6.45) is 1.66. The molecule has 98 valence electrons. The minimum atomic E-state index is -1.06. The van der Waals surface area contributed by atoms with Gasteiger partial charge in [-0.2, -0.15) is 5.10 Å². The third-order valence-electron chi connectivity index (χ3n) is 2.68. The molecule has 0 aliphatic carbocycles. The Morgan fingerprint density at radius 3 is 2.89 bits per heavy atom. The molecule has 0 aliphatic heterocycles. The number of hydrogen-bond acceptors (Lipinski definition) is 3. The van der Waals surface area contributed by atoms with E-state index in [2.05, 4.69) is 11.7 Å². The number of nitrogens with zero attached hydrogens (tertiary/aromatic N) is 2. The topological polar surface area (TPSA) is 64.4 Å². The van der Waals surface area contributed by atoms with Gasteiger partial charge in [0.2, 0.25) is 0 Å². The average molecular weight is 258 g/mol. The van der Waals surface area contributed by atoms with Crippen molar-refractivity contribution in [1.29, 1.82) is 0 Å². The Morgan fingerprint density at radius 1 is 1.53 bits per heavy atom. The first-order valence-corrected chi connectivity index (χ1v) is 5.72. The molecular weight excluding hydrogens is 244 g/mol. The van der Waals surface area contributed by atoms with E-state index in [-0.39, 0.29) is 5.69 Å². The number of para-hydroxylation sites is 1. The van der Waals surface area contributed by atoms with Gasteiger partial charge >= 0.3 is 5.97 Å². The van der Waals surface area contributed by atoms with Gasteiger partial charge in [-0.3, -0.25) is 4.68 Å². The zero-order valence-corrected chi connectivity index (χ0v) is 10.5. The van der Waals surface area contributed by atoms with Crippen molar-refractivity contribution in [2.45, 2.75) is 6.54 Å². The molecular formula is C14H14N2O3. The van der Waals surface area contributed by atoms with E-state index in [0.717, 1.165) is 5.56 Å². The SMILES string of the molecule is C=CCn1nc(C(=O)O)cc1-c1ccccc1OC. The summed E-state index contributed by atoms with van der Waals surface area (Å²) in [6.45, 7) is 4.08. The maximum Gasteiger partial charge on any atom is 0.356 e. The molecule has 0 saturated heterocycles. The van der Waals surface area contributed by atoms with Crippen molar-refractivity contribution < 1.29 is 14.6 Å². The van der Waals surface area contributed by atoms with Crippen LogP contribution in [-0.2, 0) is 6.54 Å². The van der Waals surface area contributed by atoms with Crippen LogP contribution in [0.4, 0.5) is 0 Å². The number of aromatic carboxylic acids is 1. The molecule has 0 radical (unpaired) electrons. The number of carboxylic acid groups (broad SMARTS) is 1. The Labute approximate surface area is 110 Å². The van der Waals surface area contributed by atoms with Gasteiger partial charge in [-0.25, -0.2) is 4.79 Å². The Bertz CT molecular complexity index is 617. The fourth-order valence-corrected chi connectivity index (χ4v) is 1.86. The lowest BCUT2D eigenvalue weighted by Crippen LogP contribution is -2.03. The first-order valence-electron chi connectivity index (χ1n) is 5.72. The Hall–Kier alpha value is -2.56. The highest BCUT2D eigenvalue weighted by Crippen LogP contribution is 2.30. The van der Waals surface area contributed by atoms with Crippen molar-refractivity contribution in [2.75, 3.05) is 7.11 Å². The van der Waals surface area contributed by atoms with E-state index in [9.17, 15) is 4.79 Å². The lowest BCUT2D eigenvalue weighted by Gasteiger charge is -2.09. The molecule has 0 atom stereocenters. The van der Waals surface area contributed by atoms with Crippen molar-refractivity contribution in [3.05, 3.63) is 48.7 Å². The summed E-state index contributed by atoms with van der Waals surface area (Å²) in [4.78, 5) is 11.0. The molecule has 0 amide bonds. The highest BCUT2D eigenvalue weighted by molar-refractivity contribution is 5.87. The lowest BCUT2D eigenvalue weighted by molar-refractivity contribution is 0.0689. The van der Waals surface area contributed by atoms with Crippen LogP contribution in [0, 0.1) is 0 Å². The fourth-order valence-electron chi connectivity index (χ4n) is 1.86. The molecule has 0 unspecified atom stereocenters. The standard InChI is InChI=1S/C14H14N2O3/c1-3-8-16-12(9-11(15-16)14(17)18)10-6-4-5-7-13(10)19-2/h3-7,9H,1,8H2,2H3,(H,17,18). The summed E-state index contributed by atoms with van der Waals surface area (Å²) < 4.78 is 6.88. The first-order chi connectivity index (χ1) is 9.17. The fraction of sp³-hybridized carbons (Fsp3) is 0.143. The van der Waals surface area contributed by atoms with E-state index in [1.807, 2.05) is 24.3 Å². The van der Waals surface area contributed by atoms with Gasteiger partial charge in [-0.15, -0.1) is 6.58 Å². The number of benzene rings is 1. The highest BCUT2D eigenvalue weighted by atomic mass is 16.5. The summed E-state index contributed by atoms with van der Waals surface area (Å²) in [6, 6.07) is 8.93. The smallest absolute Gasteiger partial charge is 0.356 e. The minimum absolute atomic E-state index is 0.00255. The summed E-state index contributed by atoms with van der Waals surface area (Å²) in [7, 11) is 1.57. The molecule has 5 nitrogen and oxygen atoms in total. The number of carbonyl (C=O) groups is 1. The monoisotopic (exact) mass is 258 g/mol. The Balaban J connectivity index is 2.59. The Morgan fingerprint density at radius 2 is 2.26 bits per heavy atom. The van der Waals surface area contributed by atoms with Crippen molar-refractivity contribution >= 4 is 5.97 Å². The predicted octanol–water partition coefficient (Wildman–Crippen LogP) is 2.44. The Kier molecular flexibility index (Phi) is 3.66. The van der Waals surface area contributed by atoms with Crippen LogP contribution >= 0.6 is 0 Å². The molecule has 0 bridgehead atoms. The third kappa shape index (κ3) is 2.49. The molecule has 19 heavy (non-hydrogen) atoms. The van der Waals surface area contributed by atoms with Crippen LogP contribution in [0.2, 0.25) is 0 Å². The van der Waals surface area contributed by atoms with Crippen molar-refractivity contribution in [2.24, 2.45) is 0 Å². The van der Waals surface area contributed by atoms with Crippen molar-refractivity contribution in [1.82, 2.24) is 9.78 Å². The second-order valence-electron chi connectivity index (χ2n) is 3.89. The second kappa shape index (κ2) is 5.39. The van der Waals surface area contributed by atoms with Gasteiger partial charge in [0, 0.05) is 5.56 Å². The van der Waals surface area contributed by atoms with Gasteiger partial charge < -0.3 is 9.84 Å². The average Bonchev–Trinajstić information content (AvgIpc) is 2.83. The predicted molar refractivity (Wildman–Crippen MR) is 71.4 cm³/mol. The number of carboxylic acids is 1. The molecule has 1 aromatic carbocycles. The van der Waals surface area contributed by atoms with E-state index < -0.39 is 5.97 Å². The van der Waals surface area contributed by atoms with E-state index in [4.69, 9.17) is 9.84 Å². The van der Waals surface area contributed by atoms with E-state index in [1.165, 1.54) is 6.07 Å². The number of ether oxygens (including phenoxy) is 1.